The van der Waals surface area contributed by atoms with E-state index in [4.69, 9.17) is 23.2 Å². The third-order valence-electron chi connectivity index (χ3n) is 4.02. The maximum atomic E-state index is 6.12. The van der Waals surface area contributed by atoms with Gasteiger partial charge >= 0.3 is 0 Å². The molecule has 20 heavy (non-hydrogen) atoms. The first-order valence-electron chi connectivity index (χ1n) is 6.84. The molecule has 0 aromatic carbocycles. The van der Waals surface area contributed by atoms with Crippen LogP contribution in [0, 0.1) is 12.8 Å². The number of fused-ring (bicyclic) bond motifs is 3. The van der Waals surface area contributed by atoms with Gasteiger partial charge in [-0.15, -0.1) is 46.3 Å². The quantitative estimate of drug-likeness (QED) is 0.455. The summed E-state index contributed by atoms with van der Waals surface area (Å²) in [7, 11) is 0. The fourth-order valence-electron chi connectivity index (χ4n) is 2.80. The highest BCUT2D eigenvalue weighted by Gasteiger charge is 2.51. The number of aromatic nitrogens is 2. The van der Waals surface area contributed by atoms with Crippen molar-refractivity contribution in [1.82, 2.24) is 9.97 Å². The SMILES string of the molecule is Cc1nc(SC[C@H]2CC2(Cl)Cl)c2c3c(sc2n1)CCC3. The molecule has 0 radical (unpaired) electrons. The highest BCUT2D eigenvalue weighted by atomic mass is 35.5. The van der Waals surface area contributed by atoms with Gasteiger partial charge in [0.15, 0.2) is 0 Å². The average Bonchev–Trinajstić information content (AvgIpc) is 2.75. The van der Waals surface area contributed by atoms with E-state index in [-0.39, 0.29) is 0 Å². The van der Waals surface area contributed by atoms with Crippen molar-refractivity contribution in [3.05, 3.63) is 16.3 Å². The third kappa shape index (κ3) is 2.25. The van der Waals surface area contributed by atoms with Crippen molar-refractivity contribution in [2.24, 2.45) is 5.92 Å². The van der Waals surface area contributed by atoms with Crippen molar-refractivity contribution in [3.63, 3.8) is 0 Å². The fourth-order valence-corrected chi connectivity index (χ4v) is 6.20. The molecule has 2 aliphatic carbocycles. The van der Waals surface area contributed by atoms with Gasteiger partial charge in [-0.3, -0.25) is 0 Å². The van der Waals surface area contributed by atoms with E-state index in [1.807, 2.05) is 18.3 Å². The molecule has 1 atom stereocenters. The first-order chi connectivity index (χ1) is 9.54. The molecule has 1 fully saturated rings. The van der Waals surface area contributed by atoms with Gasteiger partial charge in [0.05, 0.1) is 0 Å². The second-order valence-electron chi connectivity index (χ2n) is 5.59. The topological polar surface area (TPSA) is 25.8 Å². The van der Waals surface area contributed by atoms with Gasteiger partial charge in [-0.2, -0.15) is 0 Å². The zero-order chi connectivity index (χ0) is 13.9. The first-order valence-corrected chi connectivity index (χ1v) is 9.40. The first kappa shape index (κ1) is 13.6. The Morgan fingerprint density at radius 1 is 1.35 bits per heavy atom. The minimum atomic E-state index is -0.495. The minimum absolute atomic E-state index is 0.396. The molecule has 0 aliphatic heterocycles. The molecule has 2 aromatic heterocycles. The fraction of sp³-hybridized carbons (Fsp3) is 0.571. The third-order valence-corrected chi connectivity index (χ3v) is 7.27. The van der Waals surface area contributed by atoms with Crippen molar-refractivity contribution in [3.8, 4) is 0 Å². The summed E-state index contributed by atoms with van der Waals surface area (Å²) in [5.41, 5.74) is 1.49. The largest absolute Gasteiger partial charge is 0.226 e. The van der Waals surface area contributed by atoms with Gasteiger partial charge in [0, 0.05) is 21.9 Å². The number of hydrogen-bond donors (Lipinski definition) is 0. The Kier molecular flexibility index (Phi) is 3.22. The molecular formula is C14H14Cl2N2S2. The summed E-state index contributed by atoms with van der Waals surface area (Å²) < 4.78 is -0.495. The van der Waals surface area contributed by atoms with E-state index in [0.29, 0.717) is 5.92 Å². The Balaban J connectivity index is 1.70. The number of thioether (sulfide) groups is 1. The molecule has 0 N–H and O–H groups in total. The molecule has 4 rings (SSSR count). The summed E-state index contributed by atoms with van der Waals surface area (Å²) in [5.74, 6) is 2.20. The number of rotatable bonds is 3. The lowest BCUT2D eigenvalue weighted by molar-refractivity contribution is 0.913. The van der Waals surface area contributed by atoms with E-state index in [0.717, 1.165) is 27.9 Å². The molecule has 0 bridgehead atoms. The Morgan fingerprint density at radius 3 is 2.90 bits per heavy atom. The van der Waals surface area contributed by atoms with Gasteiger partial charge in [-0.25, -0.2) is 9.97 Å². The van der Waals surface area contributed by atoms with Crippen molar-refractivity contribution >= 4 is 56.5 Å². The number of halogens is 2. The van der Waals surface area contributed by atoms with Crippen LogP contribution in [-0.2, 0) is 12.8 Å². The van der Waals surface area contributed by atoms with Crippen LogP contribution in [0.15, 0.2) is 5.03 Å². The van der Waals surface area contributed by atoms with Crippen molar-refractivity contribution in [1.29, 1.82) is 0 Å². The van der Waals surface area contributed by atoms with Crippen LogP contribution in [0.4, 0.5) is 0 Å². The number of hydrogen-bond acceptors (Lipinski definition) is 4. The highest BCUT2D eigenvalue weighted by molar-refractivity contribution is 7.99. The highest BCUT2D eigenvalue weighted by Crippen LogP contribution is 2.55. The average molecular weight is 345 g/mol. The van der Waals surface area contributed by atoms with Gasteiger partial charge in [0.25, 0.3) is 0 Å². The van der Waals surface area contributed by atoms with E-state index < -0.39 is 4.33 Å². The van der Waals surface area contributed by atoms with E-state index in [9.17, 15) is 0 Å². The summed E-state index contributed by atoms with van der Waals surface area (Å²) in [5, 5.41) is 2.43. The maximum Gasteiger partial charge on any atom is 0.128 e. The van der Waals surface area contributed by atoms with Crippen LogP contribution < -0.4 is 0 Å². The molecule has 2 aliphatic rings. The lowest BCUT2D eigenvalue weighted by Gasteiger charge is -2.05. The van der Waals surface area contributed by atoms with Crippen LogP contribution >= 0.6 is 46.3 Å². The standard InChI is InChI=1S/C14H14Cl2N2S2/c1-7-17-12(19-6-8-5-14(8,15)16)11-9-3-2-4-10(9)20-13(11)18-7/h8H,2-6H2,1H3/t8-/m1/s1. The zero-order valence-corrected chi connectivity index (χ0v) is 14.2. The summed E-state index contributed by atoms with van der Waals surface area (Å²) in [6, 6.07) is 0. The number of nitrogens with zero attached hydrogens (tertiary/aromatic N) is 2. The molecule has 2 heterocycles. The second kappa shape index (κ2) is 4.73. The van der Waals surface area contributed by atoms with Crippen LogP contribution in [-0.4, -0.2) is 20.1 Å². The van der Waals surface area contributed by atoms with Crippen LogP contribution in [0.5, 0.6) is 0 Å². The normalized spacial score (nSPS) is 23.2. The molecule has 1 saturated carbocycles. The van der Waals surface area contributed by atoms with Crippen molar-refractivity contribution in [2.75, 3.05) is 5.75 Å². The van der Waals surface area contributed by atoms with Crippen molar-refractivity contribution in [2.45, 2.75) is 42.0 Å². The predicted molar refractivity (Wildman–Crippen MR) is 87.4 cm³/mol. The van der Waals surface area contributed by atoms with Crippen LogP contribution in [0.3, 0.4) is 0 Å². The van der Waals surface area contributed by atoms with Gasteiger partial charge in [0.2, 0.25) is 0 Å². The van der Waals surface area contributed by atoms with Crippen LogP contribution in [0.25, 0.3) is 10.2 Å². The lowest BCUT2D eigenvalue weighted by Crippen LogP contribution is -1.96. The maximum absolute atomic E-state index is 6.12. The van der Waals surface area contributed by atoms with Gasteiger partial charge in [0.1, 0.15) is 20.0 Å². The van der Waals surface area contributed by atoms with Crippen molar-refractivity contribution < 1.29 is 0 Å². The van der Waals surface area contributed by atoms with E-state index in [2.05, 4.69) is 9.97 Å². The molecule has 106 valence electrons. The summed E-state index contributed by atoms with van der Waals surface area (Å²) in [6.45, 7) is 1.97. The van der Waals surface area contributed by atoms with E-state index in [1.54, 1.807) is 11.8 Å². The Morgan fingerprint density at radius 2 is 2.15 bits per heavy atom. The minimum Gasteiger partial charge on any atom is -0.226 e. The summed E-state index contributed by atoms with van der Waals surface area (Å²) in [6.07, 6.45) is 4.55. The lowest BCUT2D eigenvalue weighted by atomic mass is 10.2. The predicted octanol–water partition coefficient (Wildman–Crippen LogP) is 4.77. The Labute approximate surface area is 136 Å². The van der Waals surface area contributed by atoms with E-state index in [1.165, 1.54) is 35.1 Å². The van der Waals surface area contributed by atoms with Gasteiger partial charge < -0.3 is 0 Å². The molecule has 0 amide bonds. The van der Waals surface area contributed by atoms with Crippen LogP contribution in [0.1, 0.15) is 29.1 Å². The monoisotopic (exact) mass is 344 g/mol. The molecule has 2 nitrogen and oxygen atoms in total. The number of thiophene rings is 1. The van der Waals surface area contributed by atoms with Crippen LogP contribution in [0.2, 0.25) is 0 Å². The number of alkyl halides is 2. The van der Waals surface area contributed by atoms with Gasteiger partial charge in [-0.1, -0.05) is 0 Å². The molecule has 2 aromatic rings. The molecule has 0 unspecified atom stereocenters. The zero-order valence-electron chi connectivity index (χ0n) is 11.1. The molecule has 0 saturated heterocycles. The molecular weight excluding hydrogens is 331 g/mol. The molecule has 6 heteroatoms. The number of aryl methyl sites for hydroxylation is 3. The smallest absolute Gasteiger partial charge is 0.128 e. The Hall–Kier alpha value is -0.0300. The summed E-state index contributed by atoms with van der Waals surface area (Å²) in [4.78, 5) is 12.0. The van der Waals surface area contributed by atoms with E-state index >= 15 is 0 Å². The summed E-state index contributed by atoms with van der Waals surface area (Å²) >= 11 is 15.9. The Bertz CT molecular complexity index is 696. The molecule has 0 spiro atoms. The second-order valence-corrected chi connectivity index (χ2v) is 9.22. The van der Waals surface area contributed by atoms with Gasteiger partial charge in [-0.05, 0) is 38.2 Å².